The summed E-state index contributed by atoms with van der Waals surface area (Å²) < 4.78 is 1.29. The van der Waals surface area contributed by atoms with Gasteiger partial charge < -0.3 is 20.9 Å². The summed E-state index contributed by atoms with van der Waals surface area (Å²) >= 11 is 1.90. The Kier molecular flexibility index (Phi) is 7.49. The van der Waals surface area contributed by atoms with Crippen molar-refractivity contribution in [1.29, 1.82) is 0 Å². The molecule has 2 fully saturated rings. The lowest BCUT2D eigenvalue weighted by Gasteiger charge is -2.40. The molecule has 2 aliphatic rings. The molecule has 2 aromatic heterocycles. The molecule has 196 valence electrons. The molecule has 7 nitrogen and oxygen atoms in total. The summed E-state index contributed by atoms with van der Waals surface area (Å²) in [6, 6.07) is 10.6. The molecular formula is C29H37N5O2S. The Bertz CT molecular complexity index is 1300. The summed E-state index contributed by atoms with van der Waals surface area (Å²) in [7, 11) is 2.20. The van der Waals surface area contributed by atoms with Crippen LogP contribution in [0.4, 0.5) is 11.5 Å². The molecule has 0 aliphatic carbocycles. The number of nitrogen functional groups attached to an aromatic ring is 1. The van der Waals surface area contributed by atoms with Crippen LogP contribution in [0.25, 0.3) is 10.1 Å². The first-order chi connectivity index (χ1) is 17.8. The maximum atomic E-state index is 13.5. The maximum Gasteiger partial charge on any atom is 0.313 e. The van der Waals surface area contributed by atoms with E-state index in [0.29, 0.717) is 23.8 Å². The highest BCUT2D eigenvalue weighted by Crippen LogP contribution is 2.40. The Morgan fingerprint density at radius 3 is 2.68 bits per heavy atom. The molecule has 2 aliphatic heterocycles. The Hall–Kier alpha value is -2.97. The van der Waals surface area contributed by atoms with Gasteiger partial charge in [-0.3, -0.25) is 9.59 Å². The van der Waals surface area contributed by atoms with Gasteiger partial charge in [-0.2, -0.15) is 0 Å². The third kappa shape index (κ3) is 5.36. The van der Waals surface area contributed by atoms with Crippen molar-refractivity contribution < 1.29 is 9.59 Å². The Labute approximate surface area is 223 Å². The van der Waals surface area contributed by atoms with Crippen LogP contribution in [0.2, 0.25) is 0 Å². The van der Waals surface area contributed by atoms with Crippen LogP contribution in [0.15, 0.2) is 36.5 Å². The van der Waals surface area contributed by atoms with Gasteiger partial charge in [-0.1, -0.05) is 13.0 Å². The molecule has 37 heavy (non-hydrogen) atoms. The first-order valence-electron chi connectivity index (χ1n) is 13.4. The second kappa shape index (κ2) is 10.8. The predicted octanol–water partition coefficient (Wildman–Crippen LogP) is 5.33. The van der Waals surface area contributed by atoms with Crippen LogP contribution in [0, 0.1) is 0 Å². The standard InChI is InChI=1S/C29H37N5O2S/c1-4-19-15-23(17-31-27(19)30)32-28(35)29(36)34-18(2)6-5-7-24(34)21-8-9-25-22(14-21)16-26(37-25)20-10-12-33(3)13-11-20/h8-9,14-18,20,24H,4-7,10-13H2,1-3H3,(H2,30,31)(H,32,35)/t18-,24+/m0/s1. The van der Waals surface area contributed by atoms with E-state index in [2.05, 4.69) is 46.5 Å². The highest BCUT2D eigenvalue weighted by atomic mass is 32.1. The van der Waals surface area contributed by atoms with Gasteiger partial charge in [0.1, 0.15) is 5.82 Å². The van der Waals surface area contributed by atoms with Crippen molar-refractivity contribution in [1.82, 2.24) is 14.8 Å². The van der Waals surface area contributed by atoms with E-state index < -0.39 is 11.8 Å². The number of hydrogen-bond acceptors (Lipinski definition) is 6. The topological polar surface area (TPSA) is 91.6 Å². The number of carbonyl (C=O) groups excluding carboxylic acids is 2. The van der Waals surface area contributed by atoms with Crippen LogP contribution in [-0.2, 0) is 16.0 Å². The van der Waals surface area contributed by atoms with Crippen LogP contribution in [-0.4, -0.2) is 52.8 Å². The normalized spacial score (nSPS) is 21.3. The molecule has 0 saturated carbocycles. The Balaban J connectivity index is 1.37. The summed E-state index contributed by atoms with van der Waals surface area (Å²) in [5.41, 5.74) is 8.34. The highest BCUT2D eigenvalue weighted by molar-refractivity contribution is 7.19. The van der Waals surface area contributed by atoms with Gasteiger partial charge in [-0.25, -0.2) is 4.98 Å². The predicted molar refractivity (Wildman–Crippen MR) is 151 cm³/mol. The zero-order valence-electron chi connectivity index (χ0n) is 22.0. The molecule has 2 saturated heterocycles. The van der Waals surface area contributed by atoms with E-state index in [1.54, 1.807) is 11.0 Å². The van der Waals surface area contributed by atoms with Crippen molar-refractivity contribution in [2.75, 3.05) is 31.2 Å². The Morgan fingerprint density at radius 1 is 1.14 bits per heavy atom. The van der Waals surface area contributed by atoms with Gasteiger partial charge in [0.2, 0.25) is 0 Å². The van der Waals surface area contributed by atoms with Gasteiger partial charge >= 0.3 is 11.8 Å². The highest BCUT2D eigenvalue weighted by Gasteiger charge is 2.36. The van der Waals surface area contributed by atoms with E-state index in [0.717, 1.165) is 43.5 Å². The summed E-state index contributed by atoms with van der Waals surface area (Å²) in [4.78, 5) is 36.4. The van der Waals surface area contributed by atoms with Gasteiger partial charge in [0, 0.05) is 15.6 Å². The van der Waals surface area contributed by atoms with Crippen molar-refractivity contribution in [3.8, 4) is 0 Å². The van der Waals surface area contributed by atoms with Gasteiger partial charge in [0.05, 0.1) is 17.9 Å². The first-order valence-corrected chi connectivity index (χ1v) is 14.3. The smallest absolute Gasteiger partial charge is 0.313 e. The number of benzene rings is 1. The lowest BCUT2D eigenvalue weighted by molar-refractivity contribution is -0.148. The van der Waals surface area contributed by atoms with E-state index in [1.165, 1.54) is 34.0 Å². The lowest BCUT2D eigenvalue weighted by Crippen LogP contribution is -2.48. The van der Waals surface area contributed by atoms with Crippen molar-refractivity contribution in [2.24, 2.45) is 0 Å². The number of carbonyl (C=O) groups is 2. The van der Waals surface area contributed by atoms with E-state index in [4.69, 9.17) is 5.73 Å². The van der Waals surface area contributed by atoms with E-state index >= 15 is 0 Å². The molecule has 3 aromatic rings. The number of thiophene rings is 1. The molecule has 4 heterocycles. The van der Waals surface area contributed by atoms with E-state index in [9.17, 15) is 9.59 Å². The number of piperidine rings is 2. The number of likely N-dealkylation sites (tertiary alicyclic amines) is 2. The number of nitrogens with one attached hydrogen (secondary N) is 1. The fourth-order valence-electron chi connectivity index (χ4n) is 5.82. The second-order valence-corrected chi connectivity index (χ2v) is 11.7. The second-order valence-electron chi connectivity index (χ2n) is 10.6. The number of nitrogens with zero attached hydrogens (tertiary/aromatic N) is 3. The number of aryl methyl sites for hydroxylation is 1. The molecule has 8 heteroatoms. The minimum Gasteiger partial charge on any atom is -0.383 e. The number of anilines is 2. The van der Waals surface area contributed by atoms with E-state index in [1.807, 2.05) is 25.2 Å². The lowest BCUT2D eigenvalue weighted by atomic mass is 9.90. The van der Waals surface area contributed by atoms with E-state index in [-0.39, 0.29) is 12.1 Å². The summed E-state index contributed by atoms with van der Waals surface area (Å²) in [5.74, 6) is -0.0537. The minimum absolute atomic E-state index is 0.0132. The quantitative estimate of drug-likeness (QED) is 0.455. The zero-order valence-corrected chi connectivity index (χ0v) is 22.8. The monoisotopic (exact) mass is 519 g/mol. The van der Waals surface area contributed by atoms with Crippen LogP contribution >= 0.6 is 11.3 Å². The van der Waals surface area contributed by atoms with Gasteiger partial charge in [-0.05, 0) is 112 Å². The molecule has 0 bridgehead atoms. The summed E-state index contributed by atoms with van der Waals surface area (Å²) in [6.45, 7) is 6.31. The largest absolute Gasteiger partial charge is 0.383 e. The van der Waals surface area contributed by atoms with Crippen LogP contribution in [0.1, 0.15) is 73.9 Å². The number of aromatic nitrogens is 1. The third-order valence-corrected chi connectivity index (χ3v) is 9.32. The molecule has 1 aromatic carbocycles. The molecule has 3 N–H and O–H groups in total. The van der Waals surface area contributed by atoms with Crippen molar-refractivity contribution in [3.63, 3.8) is 0 Å². The summed E-state index contributed by atoms with van der Waals surface area (Å²) in [5, 5.41) is 4.00. The number of rotatable bonds is 4. The summed E-state index contributed by atoms with van der Waals surface area (Å²) in [6.07, 6.45) is 7.38. The third-order valence-electron chi connectivity index (χ3n) is 8.04. The van der Waals surface area contributed by atoms with Crippen molar-refractivity contribution in [3.05, 3.63) is 52.5 Å². The fraction of sp³-hybridized carbons (Fsp3) is 0.483. The number of amides is 2. The molecule has 5 rings (SSSR count). The SMILES string of the molecule is CCc1cc(NC(=O)C(=O)N2[C@@H](c3ccc4sc(C5CCN(C)CC5)cc4c3)CCC[C@@H]2C)cnc1N. The minimum atomic E-state index is -0.631. The molecule has 0 radical (unpaired) electrons. The zero-order chi connectivity index (χ0) is 26.1. The molecule has 0 spiro atoms. The van der Waals surface area contributed by atoms with Gasteiger partial charge in [0.25, 0.3) is 0 Å². The average molecular weight is 520 g/mol. The molecule has 2 atom stereocenters. The van der Waals surface area contributed by atoms with Crippen LogP contribution < -0.4 is 11.1 Å². The van der Waals surface area contributed by atoms with Gasteiger partial charge in [-0.15, -0.1) is 11.3 Å². The molecule has 0 unspecified atom stereocenters. The fourth-order valence-corrected chi connectivity index (χ4v) is 7.03. The molecule has 2 amide bonds. The van der Waals surface area contributed by atoms with Crippen LogP contribution in [0.5, 0.6) is 0 Å². The first kappa shape index (κ1) is 25.7. The molecular weight excluding hydrogens is 482 g/mol. The van der Waals surface area contributed by atoms with Crippen molar-refractivity contribution in [2.45, 2.75) is 70.4 Å². The maximum absolute atomic E-state index is 13.5. The van der Waals surface area contributed by atoms with Crippen LogP contribution in [0.3, 0.4) is 0 Å². The Morgan fingerprint density at radius 2 is 1.92 bits per heavy atom. The number of nitrogens with two attached hydrogens (primary N) is 1. The number of hydrogen-bond donors (Lipinski definition) is 2. The van der Waals surface area contributed by atoms with Gasteiger partial charge in [0.15, 0.2) is 0 Å². The number of fused-ring (bicyclic) bond motifs is 1. The number of pyridine rings is 1. The average Bonchev–Trinajstić information content (AvgIpc) is 3.33. The van der Waals surface area contributed by atoms with Crippen molar-refractivity contribution >= 4 is 44.7 Å².